The Bertz CT molecular complexity index is 766. The van der Waals surface area contributed by atoms with Crippen molar-refractivity contribution >= 4 is 11.3 Å². The lowest BCUT2D eigenvalue weighted by atomic mass is 10.0. The second-order valence-electron chi connectivity index (χ2n) is 4.68. The van der Waals surface area contributed by atoms with Crippen molar-refractivity contribution in [3.8, 4) is 28.7 Å². The predicted molar refractivity (Wildman–Crippen MR) is 77.2 cm³/mol. The summed E-state index contributed by atoms with van der Waals surface area (Å²) in [6.07, 6.45) is 1.62. The summed E-state index contributed by atoms with van der Waals surface area (Å²) < 4.78 is 5.68. The van der Waals surface area contributed by atoms with Gasteiger partial charge in [-0.1, -0.05) is 6.58 Å². The molecule has 4 N–H and O–H groups in total. The van der Waals surface area contributed by atoms with E-state index in [0.29, 0.717) is 28.2 Å². The Morgan fingerprint density at radius 2 is 1.57 bits per heavy atom. The molecule has 0 saturated carbocycles. The first-order valence-corrected chi connectivity index (χ1v) is 6.13. The molecule has 3 rings (SSSR count). The van der Waals surface area contributed by atoms with E-state index in [4.69, 9.17) is 4.74 Å². The van der Waals surface area contributed by atoms with Crippen LogP contribution in [0.3, 0.4) is 0 Å². The van der Waals surface area contributed by atoms with Crippen molar-refractivity contribution < 1.29 is 25.2 Å². The summed E-state index contributed by atoms with van der Waals surface area (Å²) in [7, 11) is 0. The molecule has 0 spiro atoms. The summed E-state index contributed by atoms with van der Waals surface area (Å²) in [5, 5.41) is 38.0. The van der Waals surface area contributed by atoms with E-state index in [1.807, 2.05) is 0 Å². The Balaban J connectivity index is 2.07. The van der Waals surface area contributed by atoms with Crippen molar-refractivity contribution in [1.29, 1.82) is 0 Å². The van der Waals surface area contributed by atoms with Gasteiger partial charge in [-0.25, -0.2) is 0 Å². The third kappa shape index (κ3) is 2.14. The maximum absolute atomic E-state index is 9.56. The van der Waals surface area contributed by atoms with Gasteiger partial charge < -0.3 is 25.2 Å². The molecule has 5 heteroatoms. The summed E-state index contributed by atoms with van der Waals surface area (Å²) in [6, 6.07) is 7.18. The van der Waals surface area contributed by atoms with Crippen LogP contribution >= 0.6 is 0 Å². The van der Waals surface area contributed by atoms with Gasteiger partial charge >= 0.3 is 0 Å². The van der Waals surface area contributed by atoms with Gasteiger partial charge in [-0.2, -0.15) is 0 Å². The zero-order valence-corrected chi connectivity index (χ0v) is 10.9. The van der Waals surface area contributed by atoms with E-state index in [1.165, 1.54) is 24.3 Å². The van der Waals surface area contributed by atoms with Crippen LogP contribution in [-0.4, -0.2) is 20.4 Å². The first-order valence-electron chi connectivity index (χ1n) is 6.13. The van der Waals surface area contributed by atoms with Crippen LogP contribution in [-0.2, 0) is 0 Å². The lowest BCUT2D eigenvalue weighted by Crippen LogP contribution is -2.03. The van der Waals surface area contributed by atoms with Crippen LogP contribution in [0.1, 0.15) is 11.1 Å². The summed E-state index contributed by atoms with van der Waals surface area (Å²) in [5.41, 5.74) is 1.67. The molecule has 0 unspecified atom stereocenters. The maximum atomic E-state index is 9.56. The first-order chi connectivity index (χ1) is 9.95. The van der Waals surface area contributed by atoms with Gasteiger partial charge in [0.05, 0.1) is 0 Å². The molecular formula is C16H12O5. The number of fused-ring (bicyclic) bond motifs is 1. The van der Waals surface area contributed by atoms with Gasteiger partial charge in [0.1, 0.15) is 17.3 Å². The Morgan fingerprint density at radius 1 is 0.905 bits per heavy atom. The molecule has 0 amide bonds. The lowest BCUT2D eigenvalue weighted by Gasteiger charge is -2.20. The average molecular weight is 284 g/mol. The van der Waals surface area contributed by atoms with Crippen LogP contribution in [0.25, 0.3) is 11.3 Å². The summed E-state index contributed by atoms with van der Waals surface area (Å²) >= 11 is 0. The highest BCUT2D eigenvalue weighted by Crippen LogP contribution is 2.41. The van der Waals surface area contributed by atoms with Crippen molar-refractivity contribution in [3.05, 3.63) is 54.1 Å². The van der Waals surface area contributed by atoms with E-state index in [-0.39, 0.29) is 5.75 Å². The third-order valence-electron chi connectivity index (χ3n) is 3.19. The molecule has 0 bridgehead atoms. The molecule has 0 radical (unpaired) electrons. The fourth-order valence-electron chi connectivity index (χ4n) is 2.13. The minimum Gasteiger partial charge on any atom is -0.508 e. The fourth-order valence-corrected chi connectivity index (χ4v) is 2.13. The molecule has 21 heavy (non-hydrogen) atoms. The molecule has 2 aromatic carbocycles. The van der Waals surface area contributed by atoms with E-state index in [1.54, 1.807) is 12.1 Å². The van der Waals surface area contributed by atoms with Crippen molar-refractivity contribution in [2.24, 2.45) is 0 Å². The van der Waals surface area contributed by atoms with Gasteiger partial charge in [-0.3, -0.25) is 0 Å². The van der Waals surface area contributed by atoms with E-state index in [2.05, 4.69) is 6.58 Å². The van der Waals surface area contributed by atoms with Gasteiger partial charge in [0, 0.05) is 11.1 Å². The van der Waals surface area contributed by atoms with Crippen LogP contribution in [0.2, 0.25) is 0 Å². The number of aromatic hydroxyl groups is 4. The van der Waals surface area contributed by atoms with Gasteiger partial charge in [-0.15, -0.1) is 0 Å². The number of hydrogen-bond acceptors (Lipinski definition) is 5. The molecule has 1 aliphatic heterocycles. The molecule has 5 nitrogen and oxygen atoms in total. The lowest BCUT2D eigenvalue weighted by molar-refractivity contribution is 0.367. The number of phenols is 4. The van der Waals surface area contributed by atoms with E-state index in [9.17, 15) is 20.4 Å². The number of allylic oxidation sites excluding steroid dienone is 2. The Kier molecular flexibility index (Phi) is 2.76. The molecule has 0 atom stereocenters. The molecular weight excluding hydrogens is 272 g/mol. The Hall–Kier alpha value is -3.08. The van der Waals surface area contributed by atoms with Gasteiger partial charge in [0.25, 0.3) is 0 Å². The Labute approximate surface area is 120 Å². The molecule has 1 aliphatic rings. The summed E-state index contributed by atoms with van der Waals surface area (Å²) in [5.74, 6) is -0.506. The number of benzene rings is 2. The molecule has 0 saturated heterocycles. The molecule has 0 fully saturated rings. The van der Waals surface area contributed by atoms with Crippen molar-refractivity contribution in [1.82, 2.24) is 0 Å². The normalized spacial score (nSPS) is 13.3. The zero-order valence-electron chi connectivity index (χ0n) is 10.9. The van der Waals surface area contributed by atoms with Crippen LogP contribution in [0, 0.1) is 0 Å². The van der Waals surface area contributed by atoms with Crippen molar-refractivity contribution in [2.45, 2.75) is 0 Å². The predicted octanol–water partition coefficient (Wildman–Crippen LogP) is 2.96. The Morgan fingerprint density at radius 3 is 2.24 bits per heavy atom. The summed E-state index contributed by atoms with van der Waals surface area (Å²) in [4.78, 5) is 0. The standard InChI is InChI=1S/C16H12O5/c1-8-4-15(9-5-12(18)16(20)13(19)6-9)21-14-3-2-10(17)7-11(8)14/h2-7,17-20H,1H2. The second-order valence-corrected chi connectivity index (χ2v) is 4.68. The van der Waals surface area contributed by atoms with Gasteiger partial charge in [0.2, 0.25) is 0 Å². The molecule has 0 aliphatic carbocycles. The van der Waals surface area contributed by atoms with E-state index in [0.717, 1.165) is 0 Å². The topological polar surface area (TPSA) is 90.2 Å². The highest BCUT2D eigenvalue weighted by Gasteiger charge is 2.19. The highest BCUT2D eigenvalue weighted by molar-refractivity contribution is 5.88. The molecule has 0 aromatic heterocycles. The number of rotatable bonds is 1. The second kappa shape index (κ2) is 4.49. The average Bonchev–Trinajstić information content (AvgIpc) is 2.44. The smallest absolute Gasteiger partial charge is 0.200 e. The molecule has 2 aromatic rings. The highest BCUT2D eigenvalue weighted by atomic mass is 16.5. The minimum atomic E-state index is -0.584. The number of phenolic OH excluding ortho intramolecular Hbond substituents is 4. The SMILES string of the molecule is C=C1C=C(c2cc(O)c(O)c(O)c2)Oc2ccc(O)cc21. The molecule has 1 heterocycles. The number of ether oxygens (including phenoxy) is 1. The van der Waals surface area contributed by atoms with Crippen molar-refractivity contribution in [3.63, 3.8) is 0 Å². The molecule has 106 valence electrons. The van der Waals surface area contributed by atoms with Crippen LogP contribution < -0.4 is 4.74 Å². The van der Waals surface area contributed by atoms with Crippen LogP contribution in [0.5, 0.6) is 28.7 Å². The number of hydrogen-bond donors (Lipinski definition) is 4. The van der Waals surface area contributed by atoms with E-state index >= 15 is 0 Å². The van der Waals surface area contributed by atoms with Gasteiger partial charge in [0.15, 0.2) is 17.2 Å². The van der Waals surface area contributed by atoms with Crippen molar-refractivity contribution in [2.75, 3.05) is 0 Å². The van der Waals surface area contributed by atoms with Crippen LogP contribution in [0.4, 0.5) is 0 Å². The quantitative estimate of drug-likeness (QED) is 0.604. The minimum absolute atomic E-state index is 0.107. The zero-order chi connectivity index (χ0) is 15.1. The largest absolute Gasteiger partial charge is 0.508 e. The summed E-state index contributed by atoms with van der Waals surface area (Å²) in [6.45, 7) is 3.89. The third-order valence-corrected chi connectivity index (χ3v) is 3.19. The fraction of sp³-hybridized carbons (Fsp3) is 0. The monoisotopic (exact) mass is 284 g/mol. The maximum Gasteiger partial charge on any atom is 0.200 e. The van der Waals surface area contributed by atoms with Gasteiger partial charge in [-0.05, 0) is 42.0 Å². The van der Waals surface area contributed by atoms with E-state index < -0.39 is 17.2 Å². The first kappa shape index (κ1) is 12.9. The van der Waals surface area contributed by atoms with Crippen LogP contribution in [0.15, 0.2) is 43.0 Å².